The van der Waals surface area contributed by atoms with E-state index in [0.29, 0.717) is 0 Å². The van der Waals surface area contributed by atoms with Crippen LogP contribution in [0.5, 0.6) is 0 Å². The molecule has 0 amide bonds. The fraction of sp³-hybridized carbons (Fsp3) is 0.368. The van der Waals surface area contributed by atoms with Gasteiger partial charge in [-0.3, -0.25) is 4.48 Å². The molecule has 28 heavy (non-hydrogen) atoms. The van der Waals surface area contributed by atoms with Gasteiger partial charge in [-0.05, 0) is 38.1 Å². The monoisotopic (exact) mass is 424 g/mol. The molecule has 4 nitrogen and oxygen atoms in total. The summed E-state index contributed by atoms with van der Waals surface area (Å²) < 4.78 is 71.9. The standard InChI is InChI=1S/C10H16N.C7H7F.CHF3O3S.CH4/c1-9-5-7-10(8-6-9)11(2,3)4;1-6-2-4-7(8)5-3-6;2-1(3,4)8(5,6)7;/h5-8H,1-4H3;2-5H,1H3;(H,5,6,7);1H4/q+1;;;/p-1/i;8-1;;. The van der Waals surface area contributed by atoms with E-state index in [1.165, 1.54) is 23.4 Å². The lowest BCUT2D eigenvalue weighted by molar-refractivity contribution is -0.0517. The van der Waals surface area contributed by atoms with Crippen molar-refractivity contribution in [3.63, 3.8) is 0 Å². The van der Waals surface area contributed by atoms with E-state index in [1.54, 1.807) is 12.1 Å². The lowest BCUT2D eigenvalue weighted by Crippen LogP contribution is -2.34. The van der Waals surface area contributed by atoms with Crippen molar-refractivity contribution in [1.29, 1.82) is 0 Å². The Balaban J connectivity index is 0. The average molecular weight is 424 g/mol. The van der Waals surface area contributed by atoms with E-state index in [4.69, 9.17) is 13.0 Å². The van der Waals surface area contributed by atoms with Crippen molar-refractivity contribution >= 4 is 15.8 Å². The number of aryl methyl sites for hydroxylation is 2. The molecule has 0 aliphatic rings. The molecule has 0 aliphatic heterocycles. The van der Waals surface area contributed by atoms with E-state index in [2.05, 4.69) is 52.3 Å². The zero-order valence-electron chi connectivity index (χ0n) is 15.7. The van der Waals surface area contributed by atoms with Crippen molar-refractivity contribution in [2.45, 2.75) is 26.8 Å². The van der Waals surface area contributed by atoms with Gasteiger partial charge in [0.05, 0.1) is 21.1 Å². The van der Waals surface area contributed by atoms with Crippen LogP contribution in [0.3, 0.4) is 0 Å². The summed E-state index contributed by atoms with van der Waals surface area (Å²) in [5.41, 5.74) is -1.89. The summed E-state index contributed by atoms with van der Waals surface area (Å²) in [7, 11) is 0.424. The smallest absolute Gasteiger partial charge is 0.485 e. The van der Waals surface area contributed by atoms with Gasteiger partial charge >= 0.3 is 5.51 Å². The molecule has 0 saturated carbocycles. The Morgan fingerprint density at radius 3 is 1.32 bits per heavy atom. The predicted molar refractivity (Wildman–Crippen MR) is 104 cm³/mol. The van der Waals surface area contributed by atoms with Gasteiger partial charge in [0.1, 0.15) is 11.5 Å². The quantitative estimate of drug-likeness (QED) is 0.280. The molecule has 0 radical (unpaired) electrons. The first-order chi connectivity index (χ1) is 12.0. The Morgan fingerprint density at radius 2 is 1.11 bits per heavy atom. The molecule has 0 heterocycles. The second kappa shape index (κ2) is 11.1. The Hall–Kier alpha value is -1.97. The summed E-state index contributed by atoms with van der Waals surface area (Å²) in [6, 6.07) is 15.1. The Labute approximate surface area is 164 Å². The second-order valence-electron chi connectivity index (χ2n) is 6.54. The van der Waals surface area contributed by atoms with Gasteiger partial charge in [-0.2, -0.15) is 13.2 Å². The van der Waals surface area contributed by atoms with Crippen LogP contribution in [0.4, 0.5) is 23.2 Å². The summed E-state index contributed by atoms with van der Waals surface area (Å²) >= 11 is 0. The maximum Gasteiger partial charge on any atom is 0.485 e. The highest BCUT2D eigenvalue weighted by Gasteiger charge is 2.36. The van der Waals surface area contributed by atoms with Gasteiger partial charge < -0.3 is 4.55 Å². The van der Waals surface area contributed by atoms with Crippen LogP contribution in [-0.2, 0) is 10.1 Å². The van der Waals surface area contributed by atoms with E-state index in [1.807, 2.05) is 6.92 Å². The van der Waals surface area contributed by atoms with E-state index in [0.717, 1.165) is 10.0 Å². The number of benzene rings is 2. The number of rotatable bonds is 1. The fourth-order valence-corrected chi connectivity index (χ4v) is 1.53. The van der Waals surface area contributed by atoms with E-state index in [-0.39, 0.29) is 13.2 Å². The molecular formula is C19H27F4NO3S. The number of alkyl halides is 3. The van der Waals surface area contributed by atoms with Crippen molar-refractivity contribution in [2.24, 2.45) is 0 Å². The van der Waals surface area contributed by atoms with Gasteiger partial charge in [0.25, 0.3) is 0 Å². The van der Waals surface area contributed by atoms with Gasteiger partial charge in [0.2, 0.25) is 0 Å². The van der Waals surface area contributed by atoms with Crippen LogP contribution in [0.1, 0.15) is 18.6 Å². The first-order valence-corrected chi connectivity index (χ1v) is 9.08. The van der Waals surface area contributed by atoms with Crippen LogP contribution in [0.2, 0.25) is 0 Å². The average Bonchev–Trinajstić information content (AvgIpc) is 2.49. The van der Waals surface area contributed by atoms with Gasteiger partial charge in [0, 0.05) is 0 Å². The van der Waals surface area contributed by atoms with Gasteiger partial charge in [-0.1, -0.05) is 42.8 Å². The van der Waals surface area contributed by atoms with Gasteiger partial charge in [-0.15, -0.1) is 0 Å². The van der Waals surface area contributed by atoms with Crippen LogP contribution >= 0.6 is 0 Å². The predicted octanol–water partition coefficient (Wildman–Crippen LogP) is 5.01. The van der Waals surface area contributed by atoms with E-state index in [9.17, 15) is 17.6 Å². The third-order valence-corrected chi connectivity index (χ3v) is 3.67. The summed E-state index contributed by atoms with van der Waals surface area (Å²) in [5, 5.41) is 0. The van der Waals surface area contributed by atoms with Crippen LogP contribution in [-0.4, -0.2) is 39.6 Å². The molecule has 0 aliphatic carbocycles. The molecule has 0 N–H and O–H groups in total. The first kappa shape index (κ1) is 28.2. The number of nitrogens with zero attached hydrogens (tertiary/aromatic N) is 1. The Morgan fingerprint density at radius 1 is 0.821 bits per heavy atom. The van der Waals surface area contributed by atoms with Crippen molar-refractivity contribution in [1.82, 2.24) is 4.48 Å². The summed E-state index contributed by atoms with van der Waals surface area (Å²) in [6.07, 6.45) is 0. The van der Waals surface area contributed by atoms with Crippen LogP contribution in [0, 0.1) is 19.7 Å². The molecule has 2 aromatic carbocycles. The SMILES string of the molecule is C.Cc1ccc([18F])cc1.Cc1ccc([N+](C)(C)C)cc1.O=S(=O)([O-])C(F)(F)F. The minimum Gasteiger partial charge on any atom is -0.741 e. The van der Waals surface area contributed by atoms with Crippen molar-refractivity contribution in [3.8, 4) is 0 Å². The van der Waals surface area contributed by atoms with Crippen LogP contribution in [0.25, 0.3) is 0 Å². The molecule has 0 atom stereocenters. The molecule has 0 fully saturated rings. The zero-order valence-corrected chi connectivity index (χ0v) is 16.5. The van der Waals surface area contributed by atoms with Gasteiger partial charge in [-0.25, -0.2) is 12.8 Å². The maximum absolute atomic E-state index is 12.1. The molecule has 160 valence electrons. The van der Waals surface area contributed by atoms with Crippen LogP contribution < -0.4 is 4.48 Å². The number of hydrogen-bond donors (Lipinski definition) is 0. The summed E-state index contributed by atoms with van der Waals surface area (Å²) in [4.78, 5) is 0. The topological polar surface area (TPSA) is 57.2 Å². The van der Waals surface area contributed by atoms with E-state index >= 15 is 0 Å². The van der Waals surface area contributed by atoms with Crippen molar-refractivity contribution in [2.75, 3.05) is 21.1 Å². The molecule has 0 saturated heterocycles. The summed E-state index contributed by atoms with van der Waals surface area (Å²) in [5.74, 6) is -0.171. The van der Waals surface area contributed by atoms with Gasteiger partial charge in [0.15, 0.2) is 10.1 Å². The molecule has 0 aromatic heterocycles. The van der Waals surface area contributed by atoms with Crippen molar-refractivity contribution in [3.05, 3.63) is 65.5 Å². The normalized spacial score (nSPS) is 11.2. The molecule has 9 heteroatoms. The minimum atomic E-state index is -6.09. The third-order valence-electron chi connectivity index (χ3n) is 3.10. The fourth-order valence-electron chi connectivity index (χ4n) is 1.53. The number of quaternary nitrogens is 1. The number of halogens is 4. The minimum absolute atomic E-state index is 0. The van der Waals surface area contributed by atoms with Crippen molar-refractivity contribution < 1.29 is 30.5 Å². The molecule has 0 bridgehead atoms. The maximum atomic E-state index is 12.1. The first-order valence-electron chi connectivity index (χ1n) is 7.67. The Kier molecular flexibility index (Phi) is 11.2. The highest BCUT2D eigenvalue weighted by molar-refractivity contribution is 7.86. The molecule has 2 aromatic rings. The highest BCUT2D eigenvalue weighted by Crippen LogP contribution is 2.20. The zero-order chi connectivity index (χ0) is 21.5. The third kappa shape index (κ3) is 11.7. The number of hydrogen-bond acceptors (Lipinski definition) is 3. The molecule has 2 rings (SSSR count). The van der Waals surface area contributed by atoms with Crippen LogP contribution in [0.15, 0.2) is 48.5 Å². The lowest BCUT2D eigenvalue weighted by atomic mass is 10.2. The molecule has 0 unspecified atom stereocenters. The highest BCUT2D eigenvalue weighted by atomic mass is 32.2. The lowest BCUT2D eigenvalue weighted by Gasteiger charge is -2.23. The Bertz CT molecular complexity index is 774. The second-order valence-corrected chi connectivity index (χ2v) is 7.91. The summed E-state index contributed by atoms with van der Waals surface area (Å²) in [6.45, 7) is 4.04. The molecular weight excluding hydrogens is 397 g/mol. The molecule has 0 spiro atoms. The largest absolute Gasteiger partial charge is 0.741 e. The van der Waals surface area contributed by atoms with E-state index < -0.39 is 15.6 Å².